The molecule has 0 aliphatic carbocycles. The molecule has 23 heavy (non-hydrogen) atoms. The minimum Gasteiger partial charge on any atom is -0.357 e. The van der Waals surface area contributed by atoms with E-state index in [4.69, 9.17) is 4.99 Å². The zero-order chi connectivity index (χ0) is 16.7. The third-order valence-electron chi connectivity index (χ3n) is 4.53. The van der Waals surface area contributed by atoms with Gasteiger partial charge in [-0.2, -0.15) is 5.10 Å². The smallest absolute Gasteiger partial charge is 0.193 e. The van der Waals surface area contributed by atoms with Gasteiger partial charge < -0.3 is 10.2 Å². The number of hydrogen-bond acceptors (Lipinski definition) is 2. The lowest BCUT2D eigenvalue weighted by Crippen LogP contribution is -2.40. The van der Waals surface area contributed by atoms with Crippen LogP contribution < -0.4 is 5.32 Å². The predicted molar refractivity (Wildman–Crippen MR) is 96.8 cm³/mol. The van der Waals surface area contributed by atoms with Crippen LogP contribution in [0.15, 0.2) is 11.2 Å². The van der Waals surface area contributed by atoms with Crippen molar-refractivity contribution in [3.63, 3.8) is 0 Å². The molecule has 1 aromatic heterocycles. The molecule has 5 nitrogen and oxygen atoms in total. The molecule has 2 heterocycles. The Kier molecular flexibility index (Phi) is 6.93. The molecule has 0 radical (unpaired) electrons. The van der Waals surface area contributed by atoms with E-state index in [2.05, 4.69) is 48.1 Å². The lowest BCUT2D eigenvalue weighted by molar-refractivity contribution is 0.403. The normalized spacial score (nSPS) is 18.9. The van der Waals surface area contributed by atoms with E-state index in [0.29, 0.717) is 0 Å². The van der Waals surface area contributed by atoms with Gasteiger partial charge in [-0.3, -0.25) is 10.1 Å². The Morgan fingerprint density at radius 3 is 3.00 bits per heavy atom. The van der Waals surface area contributed by atoms with Gasteiger partial charge in [0, 0.05) is 31.9 Å². The zero-order valence-corrected chi connectivity index (χ0v) is 15.2. The first-order valence-corrected chi connectivity index (χ1v) is 9.12. The van der Waals surface area contributed by atoms with E-state index in [1.807, 2.05) is 6.20 Å². The molecule has 1 saturated heterocycles. The number of guanidine groups is 1. The van der Waals surface area contributed by atoms with Crippen LogP contribution in [0.3, 0.4) is 0 Å². The summed E-state index contributed by atoms with van der Waals surface area (Å²) in [5, 5.41) is 10.5. The van der Waals surface area contributed by atoms with Gasteiger partial charge >= 0.3 is 0 Å². The topological polar surface area (TPSA) is 56.3 Å². The molecule has 1 aliphatic heterocycles. The van der Waals surface area contributed by atoms with Crippen molar-refractivity contribution in [3.8, 4) is 0 Å². The maximum absolute atomic E-state index is 4.84. The minimum atomic E-state index is 0.790. The molecule has 1 atom stereocenters. The van der Waals surface area contributed by atoms with Crippen molar-refractivity contribution in [1.82, 2.24) is 20.4 Å². The first-order chi connectivity index (χ1) is 11.1. The highest BCUT2D eigenvalue weighted by molar-refractivity contribution is 5.80. The standard InChI is InChI=1S/C18H33N5/c1-5-19-18(23-10-8-16(13-23)11-14(2)3)20-9-6-7-17-12-21-22-15(17)4/h12,14,16H,5-11,13H2,1-4H3,(H,19,20)(H,21,22). The molecule has 1 aromatic rings. The number of aromatic nitrogens is 2. The molecule has 130 valence electrons. The van der Waals surface area contributed by atoms with Gasteiger partial charge in [-0.05, 0) is 56.9 Å². The zero-order valence-electron chi connectivity index (χ0n) is 15.2. The quantitative estimate of drug-likeness (QED) is 0.461. The highest BCUT2D eigenvalue weighted by Gasteiger charge is 2.25. The summed E-state index contributed by atoms with van der Waals surface area (Å²) in [7, 11) is 0. The van der Waals surface area contributed by atoms with Crippen LogP contribution in [-0.4, -0.2) is 47.2 Å². The van der Waals surface area contributed by atoms with E-state index in [9.17, 15) is 0 Å². The van der Waals surface area contributed by atoms with Crippen molar-refractivity contribution in [1.29, 1.82) is 0 Å². The molecule has 0 spiro atoms. The minimum absolute atomic E-state index is 0.790. The second-order valence-corrected chi connectivity index (χ2v) is 7.09. The Morgan fingerprint density at radius 1 is 1.52 bits per heavy atom. The first kappa shape index (κ1) is 17.8. The van der Waals surface area contributed by atoms with Gasteiger partial charge in [0.25, 0.3) is 0 Å². The summed E-state index contributed by atoms with van der Waals surface area (Å²) in [5.41, 5.74) is 2.49. The largest absolute Gasteiger partial charge is 0.357 e. The molecule has 5 heteroatoms. The molecule has 0 amide bonds. The van der Waals surface area contributed by atoms with E-state index in [0.717, 1.165) is 56.8 Å². The third-order valence-corrected chi connectivity index (χ3v) is 4.53. The number of nitrogens with zero attached hydrogens (tertiary/aromatic N) is 3. The van der Waals surface area contributed by atoms with Gasteiger partial charge in [-0.15, -0.1) is 0 Å². The van der Waals surface area contributed by atoms with Gasteiger partial charge in [0.05, 0.1) is 6.20 Å². The van der Waals surface area contributed by atoms with Crippen LogP contribution in [0.5, 0.6) is 0 Å². The van der Waals surface area contributed by atoms with Gasteiger partial charge in [-0.25, -0.2) is 0 Å². The van der Waals surface area contributed by atoms with Crippen molar-refractivity contribution in [2.75, 3.05) is 26.2 Å². The van der Waals surface area contributed by atoms with Crippen molar-refractivity contribution >= 4 is 5.96 Å². The second kappa shape index (κ2) is 8.94. The Morgan fingerprint density at radius 2 is 2.35 bits per heavy atom. The van der Waals surface area contributed by atoms with Crippen LogP contribution >= 0.6 is 0 Å². The highest BCUT2D eigenvalue weighted by Crippen LogP contribution is 2.23. The number of rotatable bonds is 7. The van der Waals surface area contributed by atoms with E-state index in [-0.39, 0.29) is 0 Å². The molecular formula is C18H33N5. The second-order valence-electron chi connectivity index (χ2n) is 7.09. The number of hydrogen-bond donors (Lipinski definition) is 2. The maximum Gasteiger partial charge on any atom is 0.193 e. The third kappa shape index (κ3) is 5.56. The highest BCUT2D eigenvalue weighted by atomic mass is 15.3. The summed E-state index contributed by atoms with van der Waals surface area (Å²) in [5.74, 6) is 2.72. The average Bonchev–Trinajstić information content (AvgIpc) is 3.11. The molecule has 1 unspecified atom stereocenters. The van der Waals surface area contributed by atoms with Gasteiger partial charge in [0.1, 0.15) is 0 Å². The lowest BCUT2D eigenvalue weighted by Gasteiger charge is -2.22. The van der Waals surface area contributed by atoms with Gasteiger partial charge in [0.2, 0.25) is 0 Å². The lowest BCUT2D eigenvalue weighted by atomic mass is 9.97. The monoisotopic (exact) mass is 319 g/mol. The Bertz CT molecular complexity index is 491. The number of likely N-dealkylation sites (tertiary alicyclic amines) is 1. The first-order valence-electron chi connectivity index (χ1n) is 9.12. The van der Waals surface area contributed by atoms with Gasteiger partial charge in [0.15, 0.2) is 5.96 Å². The number of H-pyrrole nitrogens is 1. The number of aromatic amines is 1. The van der Waals surface area contributed by atoms with Crippen LogP contribution in [0.1, 0.15) is 51.3 Å². The number of aryl methyl sites for hydroxylation is 2. The van der Waals surface area contributed by atoms with E-state index < -0.39 is 0 Å². The molecule has 0 aromatic carbocycles. The average molecular weight is 319 g/mol. The molecule has 0 bridgehead atoms. The summed E-state index contributed by atoms with van der Waals surface area (Å²) >= 11 is 0. The molecule has 2 N–H and O–H groups in total. The maximum atomic E-state index is 4.84. The van der Waals surface area contributed by atoms with Crippen LogP contribution in [0.4, 0.5) is 0 Å². The van der Waals surface area contributed by atoms with Crippen LogP contribution in [0, 0.1) is 18.8 Å². The van der Waals surface area contributed by atoms with E-state index >= 15 is 0 Å². The van der Waals surface area contributed by atoms with E-state index in [1.54, 1.807) is 0 Å². The van der Waals surface area contributed by atoms with Crippen LogP contribution in [-0.2, 0) is 6.42 Å². The molecule has 1 aliphatic rings. The SMILES string of the molecule is CCNC(=NCCCc1cn[nH]c1C)N1CCC(CC(C)C)C1. The van der Waals surface area contributed by atoms with Crippen molar-refractivity contribution < 1.29 is 0 Å². The van der Waals surface area contributed by atoms with Crippen LogP contribution in [0.25, 0.3) is 0 Å². The fraction of sp³-hybridized carbons (Fsp3) is 0.778. The predicted octanol–water partition coefficient (Wildman–Crippen LogP) is 2.98. The fourth-order valence-corrected chi connectivity index (χ4v) is 3.39. The Hall–Kier alpha value is -1.52. The van der Waals surface area contributed by atoms with Crippen molar-refractivity contribution in [2.24, 2.45) is 16.8 Å². The fourth-order valence-electron chi connectivity index (χ4n) is 3.39. The Balaban J connectivity index is 1.82. The molecule has 1 fully saturated rings. The summed E-state index contributed by atoms with van der Waals surface area (Å²) in [4.78, 5) is 7.28. The van der Waals surface area contributed by atoms with Gasteiger partial charge in [-0.1, -0.05) is 13.8 Å². The summed E-state index contributed by atoms with van der Waals surface area (Å²) in [6, 6.07) is 0. The molecular weight excluding hydrogens is 286 g/mol. The van der Waals surface area contributed by atoms with Crippen molar-refractivity contribution in [2.45, 2.75) is 53.4 Å². The summed E-state index contributed by atoms with van der Waals surface area (Å²) < 4.78 is 0. The summed E-state index contributed by atoms with van der Waals surface area (Å²) in [6.45, 7) is 13.0. The van der Waals surface area contributed by atoms with E-state index in [1.165, 1.54) is 24.1 Å². The molecule has 2 rings (SSSR count). The Labute approximate surface area is 141 Å². The van der Waals surface area contributed by atoms with Crippen LogP contribution in [0.2, 0.25) is 0 Å². The summed E-state index contributed by atoms with van der Waals surface area (Å²) in [6.07, 6.45) is 6.67. The van der Waals surface area contributed by atoms with Crippen molar-refractivity contribution in [3.05, 3.63) is 17.5 Å². The molecule has 0 saturated carbocycles. The number of nitrogens with one attached hydrogen (secondary N) is 2. The number of aliphatic imine (C=N–C) groups is 1.